The Bertz CT molecular complexity index is 587. The standard InChI is InChI=1S/C16H21N3O2/c1-11-5-4-6-13(7-11)8-18-10-14-9-17(3)15(20)12(2)19(14)16(18)21/h4-7,12,14H,8-10H2,1-3H3/t12-,14+/m0/s1. The van der Waals surface area contributed by atoms with Crippen LogP contribution in [0.3, 0.4) is 0 Å². The van der Waals surface area contributed by atoms with Gasteiger partial charge in [0.05, 0.1) is 6.04 Å². The van der Waals surface area contributed by atoms with Crippen molar-refractivity contribution in [2.45, 2.75) is 32.5 Å². The molecule has 0 saturated carbocycles. The molecule has 2 fully saturated rings. The Morgan fingerprint density at radius 2 is 2.00 bits per heavy atom. The minimum atomic E-state index is -0.358. The first-order valence-electron chi connectivity index (χ1n) is 7.35. The summed E-state index contributed by atoms with van der Waals surface area (Å²) in [6.07, 6.45) is 0. The summed E-state index contributed by atoms with van der Waals surface area (Å²) in [5.41, 5.74) is 2.33. The summed E-state index contributed by atoms with van der Waals surface area (Å²) in [5.74, 6) is 0.0250. The van der Waals surface area contributed by atoms with Crippen LogP contribution in [0.1, 0.15) is 18.1 Å². The third kappa shape index (κ3) is 2.37. The van der Waals surface area contributed by atoms with E-state index in [9.17, 15) is 9.59 Å². The fraction of sp³-hybridized carbons (Fsp3) is 0.500. The Labute approximate surface area is 125 Å². The first-order chi connectivity index (χ1) is 9.97. The normalized spacial score (nSPS) is 25.6. The maximum atomic E-state index is 12.6. The fourth-order valence-electron chi connectivity index (χ4n) is 3.37. The van der Waals surface area contributed by atoms with E-state index in [0.717, 1.165) is 5.56 Å². The molecular formula is C16H21N3O2. The zero-order valence-corrected chi connectivity index (χ0v) is 12.7. The Hall–Kier alpha value is -2.04. The number of rotatable bonds is 2. The summed E-state index contributed by atoms with van der Waals surface area (Å²) in [4.78, 5) is 29.9. The number of carbonyl (C=O) groups excluding carboxylic acids is 2. The number of urea groups is 1. The van der Waals surface area contributed by atoms with Gasteiger partial charge in [0.15, 0.2) is 0 Å². The van der Waals surface area contributed by atoms with Gasteiger partial charge in [-0.1, -0.05) is 29.8 Å². The van der Waals surface area contributed by atoms with Crippen molar-refractivity contribution in [2.75, 3.05) is 20.1 Å². The van der Waals surface area contributed by atoms with Crippen molar-refractivity contribution in [3.8, 4) is 0 Å². The van der Waals surface area contributed by atoms with E-state index in [-0.39, 0.29) is 24.0 Å². The van der Waals surface area contributed by atoms with Crippen LogP contribution in [-0.4, -0.2) is 58.9 Å². The molecule has 0 unspecified atom stereocenters. The lowest BCUT2D eigenvalue weighted by Gasteiger charge is -2.38. The molecule has 3 amide bonds. The molecule has 0 radical (unpaired) electrons. The van der Waals surface area contributed by atoms with E-state index in [1.165, 1.54) is 5.56 Å². The number of fused-ring (bicyclic) bond motifs is 1. The van der Waals surface area contributed by atoms with Crippen LogP contribution in [0.5, 0.6) is 0 Å². The Morgan fingerprint density at radius 1 is 1.24 bits per heavy atom. The average molecular weight is 287 g/mol. The van der Waals surface area contributed by atoms with Crippen molar-refractivity contribution in [3.05, 3.63) is 35.4 Å². The first kappa shape index (κ1) is 13.9. The number of hydrogen-bond acceptors (Lipinski definition) is 2. The molecule has 21 heavy (non-hydrogen) atoms. The molecule has 0 spiro atoms. The van der Waals surface area contributed by atoms with E-state index in [0.29, 0.717) is 19.6 Å². The number of likely N-dealkylation sites (N-methyl/N-ethyl adjacent to an activating group) is 1. The second-order valence-electron chi connectivity index (χ2n) is 6.11. The fourth-order valence-corrected chi connectivity index (χ4v) is 3.37. The van der Waals surface area contributed by atoms with Crippen molar-refractivity contribution >= 4 is 11.9 Å². The van der Waals surface area contributed by atoms with Gasteiger partial charge in [-0.25, -0.2) is 4.79 Å². The predicted octanol–water partition coefficient (Wildman–Crippen LogP) is 1.46. The van der Waals surface area contributed by atoms with Gasteiger partial charge in [-0.3, -0.25) is 4.79 Å². The van der Waals surface area contributed by atoms with Gasteiger partial charge in [0, 0.05) is 26.7 Å². The molecule has 3 rings (SSSR count). The van der Waals surface area contributed by atoms with Crippen LogP contribution >= 0.6 is 0 Å². The summed E-state index contributed by atoms with van der Waals surface area (Å²) in [5, 5.41) is 0. The van der Waals surface area contributed by atoms with Gasteiger partial charge in [-0.15, -0.1) is 0 Å². The molecule has 2 heterocycles. The van der Waals surface area contributed by atoms with Gasteiger partial charge in [0.25, 0.3) is 0 Å². The van der Waals surface area contributed by atoms with Gasteiger partial charge in [-0.2, -0.15) is 0 Å². The maximum Gasteiger partial charge on any atom is 0.321 e. The highest BCUT2D eigenvalue weighted by Crippen LogP contribution is 2.26. The number of piperazine rings is 1. The SMILES string of the molecule is Cc1cccc(CN2C[C@H]3CN(C)C(=O)[C@H](C)N3C2=O)c1. The molecule has 2 atom stereocenters. The average Bonchev–Trinajstić information content (AvgIpc) is 2.73. The van der Waals surface area contributed by atoms with Crippen LogP contribution in [0.4, 0.5) is 4.79 Å². The minimum absolute atomic E-state index is 0.0181. The largest absolute Gasteiger partial charge is 0.342 e. The molecule has 1 aromatic rings. The number of hydrogen-bond donors (Lipinski definition) is 0. The molecule has 0 aromatic heterocycles. The zero-order valence-electron chi connectivity index (χ0n) is 12.7. The lowest BCUT2D eigenvalue weighted by Crippen LogP contribution is -2.58. The summed E-state index contributed by atoms with van der Waals surface area (Å²) >= 11 is 0. The Balaban J connectivity index is 1.78. The molecule has 2 aliphatic rings. The summed E-state index contributed by atoms with van der Waals surface area (Å²) < 4.78 is 0. The van der Waals surface area contributed by atoms with E-state index in [2.05, 4.69) is 6.07 Å². The van der Waals surface area contributed by atoms with Gasteiger partial charge in [0.1, 0.15) is 6.04 Å². The molecule has 5 heteroatoms. The van der Waals surface area contributed by atoms with E-state index in [1.807, 2.05) is 44.0 Å². The third-order valence-electron chi connectivity index (χ3n) is 4.41. The smallest absolute Gasteiger partial charge is 0.321 e. The number of benzene rings is 1. The second-order valence-corrected chi connectivity index (χ2v) is 6.11. The second kappa shape index (κ2) is 5.06. The quantitative estimate of drug-likeness (QED) is 0.826. The van der Waals surface area contributed by atoms with Gasteiger partial charge in [0.2, 0.25) is 5.91 Å². The Morgan fingerprint density at radius 3 is 2.71 bits per heavy atom. The number of carbonyl (C=O) groups is 2. The summed E-state index contributed by atoms with van der Waals surface area (Å²) in [7, 11) is 1.81. The van der Waals surface area contributed by atoms with Crippen LogP contribution in [-0.2, 0) is 11.3 Å². The van der Waals surface area contributed by atoms with Gasteiger partial charge in [-0.05, 0) is 19.4 Å². The molecule has 1 aromatic carbocycles. The van der Waals surface area contributed by atoms with Crippen LogP contribution in [0.2, 0.25) is 0 Å². The lowest BCUT2D eigenvalue weighted by molar-refractivity contribution is -0.139. The molecular weight excluding hydrogens is 266 g/mol. The maximum absolute atomic E-state index is 12.6. The van der Waals surface area contributed by atoms with Gasteiger partial charge < -0.3 is 14.7 Å². The third-order valence-corrected chi connectivity index (χ3v) is 4.41. The van der Waals surface area contributed by atoms with Crippen molar-refractivity contribution in [2.24, 2.45) is 0 Å². The van der Waals surface area contributed by atoms with E-state index in [4.69, 9.17) is 0 Å². The number of amides is 3. The van der Waals surface area contributed by atoms with E-state index < -0.39 is 0 Å². The first-order valence-corrected chi connectivity index (χ1v) is 7.35. The van der Waals surface area contributed by atoms with Crippen molar-refractivity contribution < 1.29 is 9.59 Å². The van der Waals surface area contributed by atoms with Crippen molar-refractivity contribution in [3.63, 3.8) is 0 Å². The highest BCUT2D eigenvalue weighted by Gasteiger charge is 2.46. The topological polar surface area (TPSA) is 43.9 Å². The van der Waals surface area contributed by atoms with Crippen LogP contribution < -0.4 is 0 Å². The van der Waals surface area contributed by atoms with Crippen LogP contribution in [0.15, 0.2) is 24.3 Å². The zero-order chi connectivity index (χ0) is 15.1. The van der Waals surface area contributed by atoms with Crippen LogP contribution in [0.25, 0.3) is 0 Å². The highest BCUT2D eigenvalue weighted by molar-refractivity contribution is 5.89. The summed E-state index contributed by atoms with van der Waals surface area (Å²) in [6.45, 7) is 5.79. The van der Waals surface area contributed by atoms with Crippen molar-refractivity contribution in [1.82, 2.24) is 14.7 Å². The molecule has 5 nitrogen and oxygen atoms in total. The van der Waals surface area contributed by atoms with E-state index >= 15 is 0 Å². The molecule has 0 bridgehead atoms. The highest BCUT2D eigenvalue weighted by atomic mass is 16.2. The monoisotopic (exact) mass is 287 g/mol. The van der Waals surface area contributed by atoms with E-state index in [1.54, 1.807) is 9.80 Å². The molecule has 112 valence electrons. The predicted molar refractivity (Wildman–Crippen MR) is 79.7 cm³/mol. The number of aryl methyl sites for hydroxylation is 1. The minimum Gasteiger partial charge on any atom is -0.342 e. The van der Waals surface area contributed by atoms with Crippen molar-refractivity contribution in [1.29, 1.82) is 0 Å². The molecule has 2 saturated heterocycles. The summed E-state index contributed by atoms with van der Waals surface area (Å²) in [6, 6.07) is 7.94. The number of nitrogens with zero attached hydrogens (tertiary/aromatic N) is 3. The lowest BCUT2D eigenvalue weighted by atomic mass is 10.1. The Kier molecular flexibility index (Phi) is 3.35. The molecule has 0 N–H and O–H groups in total. The molecule has 2 aliphatic heterocycles. The van der Waals surface area contributed by atoms with Gasteiger partial charge >= 0.3 is 6.03 Å². The molecule has 0 aliphatic carbocycles. The van der Waals surface area contributed by atoms with Crippen LogP contribution in [0, 0.1) is 6.92 Å².